The topological polar surface area (TPSA) is 38.3 Å². The fraction of sp³-hybridized carbons (Fsp3) is 0.650. The number of amides is 1. The molecule has 1 aromatic rings. The smallest absolute Gasteiger partial charge is 0.226 e. The third-order valence-electron chi connectivity index (χ3n) is 6.57. The molecule has 140 valence electrons. The highest BCUT2D eigenvalue weighted by molar-refractivity contribution is 9.10. The molecule has 0 radical (unpaired) electrons. The van der Waals surface area contributed by atoms with Crippen LogP contribution in [0.5, 0.6) is 0 Å². The average molecular weight is 426 g/mol. The minimum absolute atomic E-state index is 0.135. The summed E-state index contributed by atoms with van der Waals surface area (Å²) in [4.78, 5) is 12.7. The van der Waals surface area contributed by atoms with Crippen LogP contribution in [0.25, 0.3) is 0 Å². The Morgan fingerprint density at radius 3 is 2.40 bits per heavy atom. The van der Waals surface area contributed by atoms with Crippen LogP contribution in [0.4, 0.5) is 0 Å². The standard InChI is InChI=1S/C20H32BrNO2Si/c1-14(15-8-10-17(21)11-9-15)20(5)16(12-22-18(20)23)13-24-25(6,7)19(2,3)4/h8-11,14,16H,12-13H2,1-7H3,(H,22,23)/t14?,16-,20-/m1/s1. The normalized spacial score (nSPS) is 25.8. The summed E-state index contributed by atoms with van der Waals surface area (Å²) in [5.41, 5.74) is 0.746. The molecular formula is C20H32BrNO2Si. The first-order valence-corrected chi connectivity index (χ1v) is 12.8. The monoisotopic (exact) mass is 425 g/mol. The van der Waals surface area contributed by atoms with E-state index in [4.69, 9.17) is 4.43 Å². The Bertz CT molecular complexity index is 624. The van der Waals surface area contributed by atoms with Gasteiger partial charge in [0.25, 0.3) is 0 Å². The summed E-state index contributed by atoms with van der Waals surface area (Å²) in [5, 5.41) is 3.26. The van der Waals surface area contributed by atoms with Gasteiger partial charge in [0.2, 0.25) is 5.91 Å². The molecule has 1 fully saturated rings. The number of rotatable bonds is 5. The van der Waals surface area contributed by atoms with E-state index in [1.54, 1.807) is 0 Å². The molecule has 0 aromatic heterocycles. The Labute approximate surface area is 162 Å². The summed E-state index contributed by atoms with van der Waals surface area (Å²) >= 11 is 3.49. The van der Waals surface area contributed by atoms with Crippen molar-refractivity contribution in [2.24, 2.45) is 11.3 Å². The molecule has 1 aromatic carbocycles. The molecule has 0 spiro atoms. The van der Waals surface area contributed by atoms with E-state index in [9.17, 15) is 4.79 Å². The second-order valence-electron chi connectivity index (χ2n) is 9.03. The molecule has 1 aliphatic rings. The van der Waals surface area contributed by atoms with E-state index in [0.717, 1.165) is 4.47 Å². The molecule has 1 N–H and O–H groups in total. The van der Waals surface area contributed by atoms with Crippen LogP contribution in [0.1, 0.15) is 46.1 Å². The Balaban J connectivity index is 2.21. The number of carbonyl (C=O) groups excluding carboxylic acids is 1. The number of carbonyl (C=O) groups is 1. The molecule has 0 aliphatic carbocycles. The Morgan fingerprint density at radius 1 is 1.32 bits per heavy atom. The maximum Gasteiger partial charge on any atom is 0.226 e. The summed E-state index contributed by atoms with van der Waals surface area (Å²) in [6.07, 6.45) is 0. The number of benzene rings is 1. The quantitative estimate of drug-likeness (QED) is 0.647. The van der Waals surface area contributed by atoms with Gasteiger partial charge in [-0.15, -0.1) is 0 Å². The molecule has 25 heavy (non-hydrogen) atoms. The van der Waals surface area contributed by atoms with Crippen LogP contribution in [0.15, 0.2) is 28.7 Å². The van der Waals surface area contributed by atoms with Gasteiger partial charge in [-0.3, -0.25) is 4.79 Å². The van der Waals surface area contributed by atoms with Gasteiger partial charge in [-0.05, 0) is 48.7 Å². The van der Waals surface area contributed by atoms with E-state index in [-0.39, 0.29) is 22.8 Å². The molecule has 1 amide bonds. The van der Waals surface area contributed by atoms with Gasteiger partial charge >= 0.3 is 0 Å². The lowest BCUT2D eigenvalue weighted by atomic mass is 9.68. The lowest BCUT2D eigenvalue weighted by Gasteiger charge is -2.40. The van der Waals surface area contributed by atoms with Crippen molar-refractivity contribution >= 4 is 30.2 Å². The summed E-state index contributed by atoms with van der Waals surface area (Å²) < 4.78 is 7.52. The van der Waals surface area contributed by atoms with Crippen molar-refractivity contribution in [3.05, 3.63) is 34.3 Å². The minimum Gasteiger partial charge on any atom is -0.416 e. The second-order valence-corrected chi connectivity index (χ2v) is 14.8. The summed E-state index contributed by atoms with van der Waals surface area (Å²) in [5.74, 6) is 0.468. The van der Waals surface area contributed by atoms with Gasteiger partial charge in [0.15, 0.2) is 8.32 Å². The molecule has 3 atom stereocenters. The van der Waals surface area contributed by atoms with Crippen molar-refractivity contribution in [2.45, 2.75) is 58.7 Å². The van der Waals surface area contributed by atoms with Gasteiger partial charge in [0.1, 0.15) is 0 Å². The molecule has 1 heterocycles. The predicted octanol–water partition coefficient (Wildman–Crippen LogP) is 5.33. The molecule has 0 bridgehead atoms. The maximum atomic E-state index is 12.7. The lowest BCUT2D eigenvalue weighted by Crippen LogP contribution is -2.45. The van der Waals surface area contributed by atoms with Crippen LogP contribution >= 0.6 is 15.9 Å². The first kappa shape index (κ1) is 20.7. The zero-order valence-electron chi connectivity index (χ0n) is 16.6. The highest BCUT2D eigenvalue weighted by Crippen LogP contribution is 2.46. The van der Waals surface area contributed by atoms with Crippen LogP contribution in [0.2, 0.25) is 18.1 Å². The van der Waals surface area contributed by atoms with Crippen LogP contribution in [0.3, 0.4) is 0 Å². The first-order chi connectivity index (χ1) is 11.4. The molecule has 5 heteroatoms. The number of nitrogens with one attached hydrogen (secondary N) is 1. The van der Waals surface area contributed by atoms with Gasteiger partial charge in [0, 0.05) is 23.5 Å². The van der Waals surface area contributed by atoms with E-state index in [1.165, 1.54) is 5.56 Å². The molecule has 2 rings (SSSR count). The Morgan fingerprint density at radius 2 is 1.88 bits per heavy atom. The summed E-state index contributed by atoms with van der Waals surface area (Å²) in [6, 6.07) is 8.31. The largest absolute Gasteiger partial charge is 0.416 e. The van der Waals surface area contributed by atoms with Crippen molar-refractivity contribution in [1.29, 1.82) is 0 Å². The van der Waals surface area contributed by atoms with Gasteiger partial charge in [-0.25, -0.2) is 0 Å². The van der Waals surface area contributed by atoms with Crippen molar-refractivity contribution in [1.82, 2.24) is 5.32 Å². The van der Waals surface area contributed by atoms with E-state index in [2.05, 4.69) is 81.1 Å². The highest BCUT2D eigenvalue weighted by Gasteiger charge is 2.51. The van der Waals surface area contributed by atoms with E-state index < -0.39 is 13.7 Å². The van der Waals surface area contributed by atoms with Crippen LogP contribution in [-0.4, -0.2) is 27.4 Å². The fourth-order valence-electron chi connectivity index (χ4n) is 3.21. The van der Waals surface area contributed by atoms with E-state index >= 15 is 0 Å². The SMILES string of the molecule is CC(c1ccc(Br)cc1)[C@@]1(C)C(=O)NC[C@@H]1CO[Si](C)(C)C(C)(C)C. The molecule has 1 saturated heterocycles. The molecule has 3 nitrogen and oxygen atoms in total. The minimum atomic E-state index is -1.82. The van der Waals surface area contributed by atoms with Crippen LogP contribution in [0, 0.1) is 11.3 Å². The number of hydrogen-bond donors (Lipinski definition) is 1. The molecule has 1 unspecified atom stereocenters. The van der Waals surface area contributed by atoms with Gasteiger partial charge < -0.3 is 9.74 Å². The molecule has 0 saturated carbocycles. The first-order valence-electron chi connectivity index (χ1n) is 9.07. The van der Waals surface area contributed by atoms with Gasteiger partial charge in [-0.2, -0.15) is 0 Å². The van der Waals surface area contributed by atoms with Crippen molar-refractivity contribution < 1.29 is 9.22 Å². The Kier molecular flexibility index (Phi) is 5.92. The molecule has 1 aliphatic heterocycles. The van der Waals surface area contributed by atoms with Crippen LogP contribution < -0.4 is 5.32 Å². The zero-order valence-corrected chi connectivity index (χ0v) is 19.2. The predicted molar refractivity (Wildman–Crippen MR) is 110 cm³/mol. The van der Waals surface area contributed by atoms with Crippen LogP contribution in [-0.2, 0) is 9.22 Å². The maximum absolute atomic E-state index is 12.7. The van der Waals surface area contributed by atoms with Crippen molar-refractivity contribution in [3.8, 4) is 0 Å². The third-order valence-corrected chi connectivity index (χ3v) is 11.6. The fourth-order valence-corrected chi connectivity index (χ4v) is 4.52. The van der Waals surface area contributed by atoms with Gasteiger partial charge in [-0.1, -0.05) is 55.8 Å². The van der Waals surface area contributed by atoms with Crippen molar-refractivity contribution in [3.63, 3.8) is 0 Å². The lowest BCUT2D eigenvalue weighted by molar-refractivity contribution is -0.129. The summed E-state index contributed by atoms with van der Waals surface area (Å²) in [7, 11) is -1.82. The van der Waals surface area contributed by atoms with Gasteiger partial charge in [0.05, 0.1) is 5.41 Å². The highest BCUT2D eigenvalue weighted by atomic mass is 79.9. The van der Waals surface area contributed by atoms with Crippen molar-refractivity contribution in [2.75, 3.05) is 13.2 Å². The summed E-state index contributed by atoms with van der Waals surface area (Å²) in [6.45, 7) is 16.9. The number of hydrogen-bond acceptors (Lipinski definition) is 2. The average Bonchev–Trinajstić information content (AvgIpc) is 2.81. The third kappa shape index (κ3) is 4.04. The van der Waals surface area contributed by atoms with E-state index in [1.807, 2.05) is 12.1 Å². The zero-order chi connectivity index (χ0) is 19.0. The molecular weight excluding hydrogens is 394 g/mol. The number of halogens is 1. The Hall–Kier alpha value is -0.653. The second kappa shape index (κ2) is 7.16. The van der Waals surface area contributed by atoms with E-state index in [0.29, 0.717) is 13.2 Å².